The number of rotatable bonds is 4. The Balaban J connectivity index is 1.77. The number of nitrogens with zero attached hydrogens (tertiary/aromatic N) is 4. The summed E-state index contributed by atoms with van der Waals surface area (Å²) >= 11 is 1.76. The van der Waals surface area contributed by atoms with Gasteiger partial charge in [0.1, 0.15) is 5.69 Å². The molecule has 0 unspecified atom stereocenters. The minimum absolute atomic E-state index is 0.404. The third kappa shape index (κ3) is 4.34. The molecule has 1 saturated heterocycles. The molecule has 0 aliphatic carbocycles. The molecule has 7 nitrogen and oxygen atoms in total. The van der Waals surface area contributed by atoms with E-state index in [1.54, 1.807) is 18.9 Å². The van der Waals surface area contributed by atoms with Gasteiger partial charge < -0.3 is 14.5 Å². The smallest absolute Gasteiger partial charge is 0.240 e. The van der Waals surface area contributed by atoms with Crippen LogP contribution in [0, 0.1) is 13.8 Å². The number of methoxy groups -OCH3 is 1. The molecule has 0 atom stereocenters. The molecular formula is C20H27N5O2S. The SMILES string of the molecule is COc1nc(C)c(C)cc1N=C(NO)N1CCN(c2ccccc2SC)CC1. The fourth-order valence-corrected chi connectivity index (χ4v) is 3.85. The highest BCUT2D eigenvalue weighted by molar-refractivity contribution is 7.98. The second-order valence-electron chi connectivity index (χ2n) is 6.61. The van der Waals surface area contributed by atoms with Gasteiger partial charge in [-0.3, -0.25) is 5.21 Å². The highest BCUT2D eigenvalue weighted by atomic mass is 32.2. The molecule has 8 heteroatoms. The Morgan fingerprint density at radius 3 is 2.57 bits per heavy atom. The summed E-state index contributed by atoms with van der Waals surface area (Å²) < 4.78 is 5.36. The summed E-state index contributed by atoms with van der Waals surface area (Å²) in [6.45, 7) is 7.10. The lowest BCUT2D eigenvalue weighted by molar-refractivity contribution is 0.207. The van der Waals surface area contributed by atoms with E-state index < -0.39 is 0 Å². The lowest BCUT2D eigenvalue weighted by atomic mass is 10.2. The van der Waals surface area contributed by atoms with Crippen LogP contribution in [0.2, 0.25) is 0 Å². The van der Waals surface area contributed by atoms with E-state index in [1.807, 2.05) is 24.8 Å². The van der Waals surface area contributed by atoms with Crippen molar-refractivity contribution in [3.8, 4) is 5.88 Å². The highest BCUT2D eigenvalue weighted by Crippen LogP contribution is 2.30. The zero-order chi connectivity index (χ0) is 20.1. The Labute approximate surface area is 170 Å². The van der Waals surface area contributed by atoms with Crippen molar-refractivity contribution in [3.63, 3.8) is 0 Å². The van der Waals surface area contributed by atoms with Crippen molar-refractivity contribution in [2.75, 3.05) is 44.4 Å². The highest BCUT2D eigenvalue weighted by Gasteiger charge is 2.22. The lowest BCUT2D eigenvalue weighted by Crippen LogP contribution is -2.52. The molecule has 3 rings (SSSR count). The Morgan fingerprint density at radius 1 is 1.21 bits per heavy atom. The molecule has 0 radical (unpaired) electrons. The molecule has 2 N–H and O–H groups in total. The van der Waals surface area contributed by atoms with Crippen molar-refractivity contribution in [2.45, 2.75) is 18.7 Å². The predicted molar refractivity (Wildman–Crippen MR) is 114 cm³/mol. The number of ether oxygens (including phenoxy) is 1. The molecule has 1 aliphatic heterocycles. The van der Waals surface area contributed by atoms with E-state index in [-0.39, 0.29) is 0 Å². The van der Waals surface area contributed by atoms with Gasteiger partial charge in [0.2, 0.25) is 11.8 Å². The first-order valence-electron chi connectivity index (χ1n) is 9.21. The van der Waals surface area contributed by atoms with E-state index in [4.69, 9.17) is 4.74 Å². The Bertz CT molecular complexity index is 850. The van der Waals surface area contributed by atoms with Crippen LogP contribution in [0.15, 0.2) is 40.2 Å². The zero-order valence-corrected chi connectivity index (χ0v) is 17.6. The van der Waals surface area contributed by atoms with Crippen LogP contribution in [-0.4, -0.2) is 60.6 Å². The molecule has 0 saturated carbocycles. The van der Waals surface area contributed by atoms with Gasteiger partial charge in [-0.15, -0.1) is 11.8 Å². The first-order chi connectivity index (χ1) is 13.6. The molecule has 1 fully saturated rings. The molecular weight excluding hydrogens is 374 g/mol. The molecule has 150 valence electrons. The normalized spacial score (nSPS) is 15.0. The summed E-state index contributed by atoms with van der Waals surface area (Å²) in [5.41, 5.74) is 6.02. The van der Waals surface area contributed by atoms with Gasteiger partial charge in [-0.2, -0.15) is 0 Å². The number of aromatic nitrogens is 1. The van der Waals surface area contributed by atoms with Crippen LogP contribution in [0.4, 0.5) is 11.4 Å². The zero-order valence-electron chi connectivity index (χ0n) is 16.8. The van der Waals surface area contributed by atoms with Crippen molar-refractivity contribution in [1.82, 2.24) is 15.4 Å². The van der Waals surface area contributed by atoms with Gasteiger partial charge in [-0.1, -0.05) is 12.1 Å². The van der Waals surface area contributed by atoms with Crippen LogP contribution in [-0.2, 0) is 0 Å². The number of hydrogen-bond donors (Lipinski definition) is 2. The molecule has 0 spiro atoms. The fourth-order valence-electron chi connectivity index (χ4n) is 3.23. The number of hydroxylamine groups is 1. The molecule has 2 heterocycles. The average molecular weight is 402 g/mol. The molecule has 2 aromatic rings. The van der Waals surface area contributed by atoms with Crippen LogP contribution in [0.25, 0.3) is 0 Å². The van der Waals surface area contributed by atoms with Crippen LogP contribution >= 0.6 is 11.8 Å². The van der Waals surface area contributed by atoms with Gasteiger partial charge in [-0.05, 0) is 43.9 Å². The van der Waals surface area contributed by atoms with Crippen LogP contribution in [0.3, 0.4) is 0 Å². The van der Waals surface area contributed by atoms with Crippen molar-refractivity contribution in [2.24, 2.45) is 4.99 Å². The standard InChI is InChI=1S/C20H27N5O2S/c1-14-13-16(19(27-3)21-15(14)2)22-20(23-26)25-11-9-24(10-12-25)17-7-5-6-8-18(17)28-4/h5-8,13,26H,9-12H2,1-4H3,(H,22,23). The molecule has 1 aromatic carbocycles. The van der Waals surface area contributed by atoms with Gasteiger partial charge in [0.15, 0.2) is 0 Å². The van der Waals surface area contributed by atoms with Crippen LogP contribution in [0.1, 0.15) is 11.3 Å². The number of aliphatic imine (C=N–C) groups is 1. The number of anilines is 1. The number of aryl methyl sites for hydroxylation is 2. The van der Waals surface area contributed by atoms with E-state index in [9.17, 15) is 5.21 Å². The second kappa shape index (κ2) is 9.16. The summed E-state index contributed by atoms with van der Waals surface area (Å²) in [5, 5.41) is 9.69. The molecule has 0 bridgehead atoms. The van der Waals surface area contributed by atoms with E-state index in [2.05, 4.69) is 50.9 Å². The Kier molecular flexibility index (Phi) is 6.64. The fraction of sp³-hybridized carbons (Fsp3) is 0.400. The first kappa shape index (κ1) is 20.3. The summed E-state index contributed by atoms with van der Waals surface area (Å²) in [5.74, 6) is 0.851. The molecule has 0 amide bonds. The van der Waals surface area contributed by atoms with E-state index in [1.165, 1.54) is 10.6 Å². The third-order valence-corrected chi connectivity index (χ3v) is 5.72. The maximum atomic E-state index is 9.69. The Morgan fingerprint density at radius 2 is 1.93 bits per heavy atom. The number of piperazine rings is 1. The maximum absolute atomic E-state index is 9.69. The number of nitrogens with one attached hydrogen (secondary N) is 1. The third-order valence-electron chi connectivity index (χ3n) is 4.94. The van der Waals surface area contributed by atoms with Crippen molar-refractivity contribution in [3.05, 3.63) is 41.6 Å². The lowest BCUT2D eigenvalue weighted by Gasteiger charge is -2.37. The van der Waals surface area contributed by atoms with Crippen LogP contribution in [0.5, 0.6) is 5.88 Å². The summed E-state index contributed by atoms with van der Waals surface area (Å²) in [4.78, 5) is 14.7. The quantitative estimate of drug-likeness (QED) is 0.353. The number of benzene rings is 1. The second-order valence-corrected chi connectivity index (χ2v) is 7.46. The van der Waals surface area contributed by atoms with Gasteiger partial charge in [-0.25, -0.2) is 15.5 Å². The number of thioether (sulfide) groups is 1. The number of hydrogen-bond acceptors (Lipinski definition) is 6. The van der Waals surface area contributed by atoms with Gasteiger partial charge >= 0.3 is 0 Å². The summed E-state index contributed by atoms with van der Waals surface area (Å²) in [6, 6.07) is 10.4. The number of guanidine groups is 1. The van der Waals surface area contributed by atoms with E-state index in [0.717, 1.165) is 37.4 Å². The first-order valence-corrected chi connectivity index (χ1v) is 10.4. The minimum atomic E-state index is 0.404. The topological polar surface area (TPSA) is 73.2 Å². The summed E-state index contributed by atoms with van der Waals surface area (Å²) in [6.07, 6.45) is 2.10. The maximum Gasteiger partial charge on any atom is 0.240 e. The van der Waals surface area contributed by atoms with E-state index >= 15 is 0 Å². The number of pyridine rings is 1. The van der Waals surface area contributed by atoms with Gasteiger partial charge in [0.05, 0.1) is 12.8 Å². The minimum Gasteiger partial charge on any atom is -0.479 e. The molecule has 1 aromatic heterocycles. The van der Waals surface area contributed by atoms with Crippen LogP contribution < -0.4 is 15.1 Å². The van der Waals surface area contributed by atoms with Crippen molar-refractivity contribution in [1.29, 1.82) is 0 Å². The van der Waals surface area contributed by atoms with Gasteiger partial charge in [0, 0.05) is 36.8 Å². The van der Waals surface area contributed by atoms with Gasteiger partial charge in [0.25, 0.3) is 0 Å². The molecule has 28 heavy (non-hydrogen) atoms. The predicted octanol–water partition coefficient (Wildman–Crippen LogP) is 3.22. The molecule has 1 aliphatic rings. The Hall–Kier alpha value is -2.45. The van der Waals surface area contributed by atoms with Crippen molar-refractivity contribution < 1.29 is 9.94 Å². The van der Waals surface area contributed by atoms with E-state index in [0.29, 0.717) is 17.5 Å². The largest absolute Gasteiger partial charge is 0.479 e. The average Bonchev–Trinajstić information content (AvgIpc) is 2.74. The van der Waals surface area contributed by atoms with Crippen molar-refractivity contribution >= 4 is 29.1 Å². The monoisotopic (exact) mass is 401 g/mol. The number of para-hydroxylation sites is 1. The summed E-state index contributed by atoms with van der Waals surface area (Å²) in [7, 11) is 1.57.